The highest BCUT2D eigenvalue weighted by molar-refractivity contribution is 8.76. The number of anilines is 2. The van der Waals surface area contributed by atoms with Crippen LogP contribution in [0.3, 0.4) is 0 Å². The van der Waals surface area contributed by atoms with Gasteiger partial charge in [0.05, 0.1) is 0 Å². The minimum Gasteiger partial charge on any atom is -0.374 e. The summed E-state index contributed by atoms with van der Waals surface area (Å²) in [4.78, 5) is 4.69. The lowest BCUT2D eigenvalue weighted by Gasteiger charge is -2.20. The maximum atomic E-state index is 2.35. The number of benzene rings is 2. The fourth-order valence-corrected chi connectivity index (χ4v) is 8.24. The second-order valence-electron chi connectivity index (χ2n) is 13.5. The molecule has 6 rings (SSSR count). The lowest BCUT2D eigenvalue weighted by atomic mass is 10.1. The molecule has 2 aromatic carbocycles. The van der Waals surface area contributed by atoms with Crippen LogP contribution >= 0.6 is 21.6 Å². The monoisotopic (exact) mass is 724 g/mol. The third-order valence-electron chi connectivity index (χ3n) is 9.42. The van der Waals surface area contributed by atoms with Crippen LogP contribution < -0.4 is 18.9 Å². The van der Waals surface area contributed by atoms with Crippen molar-refractivity contribution in [3.8, 4) is 0 Å². The Morgan fingerprint density at radius 2 is 0.865 bits per heavy atom. The zero-order chi connectivity index (χ0) is 35.8. The number of rotatable bonds is 17. The number of hydrogen-bond donors (Lipinski definition) is 0. The Morgan fingerprint density at radius 3 is 1.21 bits per heavy atom. The Balaban J connectivity index is 0.850. The molecule has 0 bridgehead atoms. The molecule has 0 N–H and O–H groups in total. The Labute approximate surface area is 319 Å². The van der Waals surface area contributed by atoms with Crippen LogP contribution in [-0.4, -0.2) is 38.7 Å². The van der Waals surface area contributed by atoms with Crippen LogP contribution in [-0.2, 0) is 13.1 Å². The molecule has 2 aliphatic rings. The molecule has 0 amide bonds. The van der Waals surface area contributed by atoms with Crippen LogP contribution in [0.25, 0.3) is 24.3 Å². The first-order chi connectivity index (χ1) is 25.6. The molecule has 0 radical (unpaired) electrons. The number of hydrogen-bond acceptors (Lipinski definition) is 4. The highest BCUT2D eigenvalue weighted by atomic mass is 33.1. The molecule has 52 heavy (non-hydrogen) atoms. The zero-order valence-electron chi connectivity index (χ0n) is 30.7. The predicted molar refractivity (Wildman–Crippen MR) is 228 cm³/mol. The van der Waals surface area contributed by atoms with Gasteiger partial charge in [-0.05, 0) is 72.2 Å². The highest BCUT2D eigenvalue weighted by Crippen LogP contribution is 2.24. The Kier molecular flexibility index (Phi) is 14.3. The molecule has 4 nitrogen and oxygen atoms in total. The number of allylic oxidation sites excluding steroid dienone is 8. The van der Waals surface area contributed by atoms with Crippen LogP contribution in [0.5, 0.6) is 0 Å². The van der Waals surface area contributed by atoms with E-state index < -0.39 is 0 Å². The van der Waals surface area contributed by atoms with Gasteiger partial charge in [-0.15, -0.1) is 0 Å². The summed E-state index contributed by atoms with van der Waals surface area (Å²) in [5.41, 5.74) is 10.2. The molecular weight excluding hydrogens is 673 g/mol. The first-order valence-electron chi connectivity index (χ1n) is 18.5. The lowest BCUT2D eigenvalue weighted by Crippen LogP contribution is -2.33. The molecule has 0 saturated heterocycles. The van der Waals surface area contributed by atoms with Crippen LogP contribution in [0.4, 0.5) is 11.4 Å². The van der Waals surface area contributed by atoms with Crippen LogP contribution in [0.2, 0.25) is 0 Å². The van der Waals surface area contributed by atoms with Crippen LogP contribution in [0, 0.1) is 0 Å². The Morgan fingerprint density at radius 1 is 0.500 bits per heavy atom. The molecule has 2 heterocycles. The summed E-state index contributed by atoms with van der Waals surface area (Å²) in [6.45, 7) is 3.92. The van der Waals surface area contributed by atoms with Gasteiger partial charge < -0.3 is 9.80 Å². The Hall–Kier alpha value is -4.52. The van der Waals surface area contributed by atoms with Gasteiger partial charge in [0.15, 0.2) is 37.9 Å². The maximum absolute atomic E-state index is 2.35. The van der Waals surface area contributed by atoms with E-state index in [9.17, 15) is 0 Å². The van der Waals surface area contributed by atoms with Crippen molar-refractivity contribution in [1.29, 1.82) is 0 Å². The van der Waals surface area contributed by atoms with Gasteiger partial charge in [-0.2, -0.15) is 0 Å². The summed E-state index contributed by atoms with van der Waals surface area (Å²) >= 11 is 0. The van der Waals surface area contributed by atoms with E-state index >= 15 is 0 Å². The van der Waals surface area contributed by atoms with E-state index in [4.69, 9.17) is 0 Å². The van der Waals surface area contributed by atoms with Crippen molar-refractivity contribution in [2.75, 3.05) is 48.5 Å². The molecule has 2 aliphatic carbocycles. The summed E-state index contributed by atoms with van der Waals surface area (Å²) in [5.74, 6) is 2.18. The first kappa shape index (κ1) is 37.2. The van der Waals surface area contributed by atoms with E-state index in [0.29, 0.717) is 0 Å². The van der Waals surface area contributed by atoms with Crippen molar-refractivity contribution >= 4 is 57.3 Å². The second kappa shape index (κ2) is 19.9. The molecule has 6 heteroatoms. The number of nitrogens with zero attached hydrogens (tertiary/aromatic N) is 4. The summed E-state index contributed by atoms with van der Waals surface area (Å²) in [7, 11) is 8.29. The van der Waals surface area contributed by atoms with Gasteiger partial charge in [-0.1, -0.05) is 107 Å². The SMILES string of the molecule is CN(CCSSCCN(C)c1ccc(/C=C/c2cc[n+](CC3=CCCC=C3)cc2)cc1)c1ccc(/C=C/c2cc[n+](CC3=CCCC=C3)cc2)cc1. The first-order valence-corrected chi connectivity index (χ1v) is 21.0. The zero-order valence-corrected chi connectivity index (χ0v) is 32.3. The number of aromatic nitrogens is 2. The average molecular weight is 725 g/mol. The molecule has 266 valence electrons. The number of pyridine rings is 2. The van der Waals surface area contributed by atoms with Crippen LogP contribution in [0.15, 0.2) is 145 Å². The van der Waals surface area contributed by atoms with Crippen molar-refractivity contribution in [2.24, 2.45) is 0 Å². The molecule has 2 aromatic heterocycles. The van der Waals surface area contributed by atoms with Gasteiger partial charge in [0.1, 0.15) is 0 Å². The van der Waals surface area contributed by atoms with Gasteiger partial charge in [0.2, 0.25) is 0 Å². The van der Waals surface area contributed by atoms with E-state index in [1.165, 1.54) is 44.8 Å². The minimum absolute atomic E-state index is 0.937. The van der Waals surface area contributed by atoms with Crippen molar-refractivity contribution in [1.82, 2.24) is 0 Å². The predicted octanol–water partition coefficient (Wildman–Crippen LogP) is 10.1. The fourth-order valence-electron chi connectivity index (χ4n) is 6.15. The average Bonchev–Trinajstić information content (AvgIpc) is 3.19. The van der Waals surface area contributed by atoms with E-state index in [2.05, 4.69) is 191 Å². The second-order valence-corrected chi connectivity index (χ2v) is 16.2. The van der Waals surface area contributed by atoms with E-state index in [1.54, 1.807) is 0 Å². The standard InChI is InChI=1S/C46H52N4S2/c1-47(45-21-17-39(18-22-45)13-15-41-25-29-49(30-26-41)37-43-9-5-3-6-10-43)33-35-51-52-36-34-48(2)46-23-19-40(20-24-46)14-16-42-27-31-50(32-28-42)38-44-11-7-4-8-12-44/h5,7,9-32H,3-4,6,8,33-38H2,1-2H3/q+2. The van der Waals surface area contributed by atoms with Crippen molar-refractivity contribution in [2.45, 2.75) is 38.8 Å². The smallest absolute Gasteiger partial charge is 0.173 e. The van der Waals surface area contributed by atoms with Gasteiger partial charge in [0, 0.05) is 85.5 Å². The van der Waals surface area contributed by atoms with Crippen molar-refractivity contribution in [3.63, 3.8) is 0 Å². The Bertz CT molecular complexity index is 1740. The summed E-state index contributed by atoms with van der Waals surface area (Å²) in [6.07, 6.45) is 35.8. The molecule has 0 spiro atoms. The highest BCUT2D eigenvalue weighted by Gasteiger charge is 2.07. The van der Waals surface area contributed by atoms with E-state index in [0.717, 1.165) is 63.4 Å². The van der Waals surface area contributed by atoms with E-state index in [-0.39, 0.29) is 0 Å². The molecular formula is C46H52N4S2+2. The topological polar surface area (TPSA) is 14.2 Å². The summed E-state index contributed by atoms with van der Waals surface area (Å²) in [6, 6.07) is 26.5. The van der Waals surface area contributed by atoms with E-state index in [1.807, 2.05) is 21.6 Å². The van der Waals surface area contributed by atoms with Crippen molar-refractivity contribution < 1.29 is 9.13 Å². The lowest BCUT2D eigenvalue weighted by molar-refractivity contribution is -0.688. The summed E-state index contributed by atoms with van der Waals surface area (Å²) in [5, 5.41) is 0. The minimum atomic E-state index is 0.937. The third kappa shape index (κ3) is 12.0. The summed E-state index contributed by atoms with van der Waals surface area (Å²) < 4.78 is 4.49. The van der Waals surface area contributed by atoms with Gasteiger partial charge >= 0.3 is 0 Å². The third-order valence-corrected chi connectivity index (χ3v) is 11.8. The van der Waals surface area contributed by atoms with Gasteiger partial charge in [-0.3, -0.25) is 0 Å². The fraction of sp³-hybridized carbons (Fsp3) is 0.261. The molecule has 0 atom stereocenters. The van der Waals surface area contributed by atoms with Gasteiger partial charge in [0.25, 0.3) is 0 Å². The normalized spacial score (nSPS) is 14.2. The largest absolute Gasteiger partial charge is 0.374 e. The van der Waals surface area contributed by atoms with Gasteiger partial charge in [-0.25, -0.2) is 9.13 Å². The molecule has 0 saturated carbocycles. The molecule has 4 aromatic rings. The molecule has 0 fully saturated rings. The molecule has 0 aliphatic heterocycles. The van der Waals surface area contributed by atoms with Crippen LogP contribution in [0.1, 0.15) is 47.9 Å². The maximum Gasteiger partial charge on any atom is 0.173 e. The van der Waals surface area contributed by atoms with Crippen molar-refractivity contribution in [3.05, 3.63) is 167 Å². The quantitative estimate of drug-likeness (QED) is 0.0611. The molecule has 0 unspecified atom stereocenters.